The SMILES string of the molecule is CCCC(O)OC(=O)CC(O)(CC(=O)O)C(=O)O. The molecule has 8 heteroatoms. The molecule has 0 heterocycles. The average molecular weight is 264 g/mol. The lowest BCUT2D eigenvalue weighted by molar-refractivity contribution is -0.182. The van der Waals surface area contributed by atoms with Crippen molar-refractivity contribution < 1.29 is 39.5 Å². The van der Waals surface area contributed by atoms with Crippen LogP contribution in [0.3, 0.4) is 0 Å². The number of aliphatic hydroxyl groups is 2. The highest BCUT2D eigenvalue weighted by atomic mass is 16.6. The number of carboxylic acid groups (broad SMARTS) is 2. The number of esters is 1. The van der Waals surface area contributed by atoms with E-state index in [0.29, 0.717) is 6.42 Å². The lowest BCUT2D eigenvalue weighted by atomic mass is 9.96. The number of aliphatic carboxylic acids is 2. The molecule has 0 spiro atoms. The second kappa shape index (κ2) is 6.92. The summed E-state index contributed by atoms with van der Waals surface area (Å²) in [5, 5.41) is 35.8. The molecule has 0 bridgehead atoms. The molecule has 0 aromatic rings. The molecule has 0 amide bonds. The van der Waals surface area contributed by atoms with Crippen molar-refractivity contribution in [1.29, 1.82) is 0 Å². The molecule has 0 aliphatic heterocycles. The smallest absolute Gasteiger partial charge is 0.336 e. The molecule has 0 rings (SSSR count). The van der Waals surface area contributed by atoms with Gasteiger partial charge in [0.15, 0.2) is 5.60 Å². The van der Waals surface area contributed by atoms with E-state index >= 15 is 0 Å². The number of carbonyl (C=O) groups is 3. The van der Waals surface area contributed by atoms with Crippen molar-refractivity contribution in [3.63, 3.8) is 0 Å². The number of aliphatic hydroxyl groups excluding tert-OH is 1. The highest BCUT2D eigenvalue weighted by Crippen LogP contribution is 2.17. The first-order valence-corrected chi connectivity index (χ1v) is 5.26. The fourth-order valence-electron chi connectivity index (χ4n) is 1.20. The van der Waals surface area contributed by atoms with Crippen LogP contribution in [0, 0.1) is 0 Å². The third kappa shape index (κ3) is 5.60. The van der Waals surface area contributed by atoms with Gasteiger partial charge in [0.05, 0.1) is 12.8 Å². The van der Waals surface area contributed by atoms with Crippen LogP contribution in [-0.2, 0) is 19.1 Å². The minimum Gasteiger partial charge on any atom is -0.481 e. The molecule has 104 valence electrons. The monoisotopic (exact) mass is 264 g/mol. The Morgan fingerprint density at radius 2 is 1.78 bits per heavy atom. The zero-order valence-corrected chi connectivity index (χ0v) is 9.83. The number of carbonyl (C=O) groups excluding carboxylic acids is 1. The molecule has 0 aromatic carbocycles. The molecule has 2 atom stereocenters. The average Bonchev–Trinajstić information content (AvgIpc) is 2.15. The first kappa shape index (κ1) is 16.3. The standard InChI is InChI=1S/C10H16O8/c1-2-3-7(13)18-8(14)5-10(17,9(15)16)4-6(11)12/h7,13,17H,2-5H2,1H3,(H,11,12)(H,15,16). The molecule has 0 aliphatic carbocycles. The number of hydrogen-bond acceptors (Lipinski definition) is 6. The van der Waals surface area contributed by atoms with Crippen LogP contribution in [-0.4, -0.2) is 50.2 Å². The Hall–Kier alpha value is -1.67. The second-order valence-corrected chi connectivity index (χ2v) is 3.82. The minimum absolute atomic E-state index is 0.163. The van der Waals surface area contributed by atoms with E-state index in [9.17, 15) is 19.5 Å². The predicted octanol–water partition coefficient (Wildman–Crippen LogP) is -0.671. The van der Waals surface area contributed by atoms with Crippen LogP contribution in [0.2, 0.25) is 0 Å². The van der Waals surface area contributed by atoms with Gasteiger partial charge in [0.1, 0.15) is 0 Å². The van der Waals surface area contributed by atoms with E-state index in [-0.39, 0.29) is 6.42 Å². The van der Waals surface area contributed by atoms with Crippen molar-refractivity contribution in [2.24, 2.45) is 0 Å². The summed E-state index contributed by atoms with van der Waals surface area (Å²) in [4.78, 5) is 32.4. The molecular formula is C10H16O8. The molecule has 2 unspecified atom stereocenters. The molecule has 0 radical (unpaired) electrons. The van der Waals surface area contributed by atoms with Crippen LogP contribution in [0.4, 0.5) is 0 Å². The number of carboxylic acids is 2. The molecule has 0 fully saturated rings. The zero-order chi connectivity index (χ0) is 14.3. The Kier molecular flexibility index (Phi) is 6.28. The third-order valence-electron chi connectivity index (χ3n) is 2.08. The van der Waals surface area contributed by atoms with Gasteiger partial charge in [-0.15, -0.1) is 0 Å². The van der Waals surface area contributed by atoms with Crippen molar-refractivity contribution in [3.05, 3.63) is 0 Å². The van der Waals surface area contributed by atoms with Crippen LogP contribution >= 0.6 is 0 Å². The lowest BCUT2D eigenvalue weighted by Gasteiger charge is -2.21. The Bertz CT molecular complexity index is 326. The van der Waals surface area contributed by atoms with Gasteiger partial charge in [-0.2, -0.15) is 0 Å². The van der Waals surface area contributed by atoms with E-state index in [4.69, 9.17) is 15.3 Å². The molecular weight excluding hydrogens is 248 g/mol. The fraction of sp³-hybridized carbons (Fsp3) is 0.700. The van der Waals surface area contributed by atoms with Gasteiger partial charge in [-0.1, -0.05) is 13.3 Å². The molecule has 0 aliphatic rings. The molecule has 0 saturated carbocycles. The predicted molar refractivity (Wildman–Crippen MR) is 56.5 cm³/mol. The Labute approximate surface area is 103 Å². The van der Waals surface area contributed by atoms with Gasteiger partial charge in [-0.05, 0) is 0 Å². The summed E-state index contributed by atoms with van der Waals surface area (Å²) in [5.74, 6) is -4.59. The van der Waals surface area contributed by atoms with Gasteiger partial charge in [0.2, 0.25) is 6.29 Å². The summed E-state index contributed by atoms with van der Waals surface area (Å²) in [6, 6.07) is 0. The van der Waals surface area contributed by atoms with E-state index in [2.05, 4.69) is 4.74 Å². The number of ether oxygens (including phenoxy) is 1. The fourth-order valence-corrected chi connectivity index (χ4v) is 1.20. The first-order valence-electron chi connectivity index (χ1n) is 5.26. The maximum atomic E-state index is 11.2. The molecule has 4 N–H and O–H groups in total. The van der Waals surface area contributed by atoms with Crippen LogP contribution in [0.5, 0.6) is 0 Å². The summed E-state index contributed by atoms with van der Waals surface area (Å²) in [6.07, 6.45) is -2.88. The van der Waals surface area contributed by atoms with Crippen molar-refractivity contribution >= 4 is 17.9 Å². The van der Waals surface area contributed by atoms with Gasteiger partial charge in [0.25, 0.3) is 0 Å². The van der Waals surface area contributed by atoms with Crippen LogP contribution in [0.15, 0.2) is 0 Å². The summed E-state index contributed by atoms with van der Waals surface area (Å²) in [7, 11) is 0. The normalized spacial score (nSPS) is 15.5. The largest absolute Gasteiger partial charge is 0.481 e. The zero-order valence-electron chi connectivity index (χ0n) is 9.83. The highest BCUT2D eigenvalue weighted by Gasteiger charge is 2.41. The van der Waals surface area contributed by atoms with E-state index in [1.807, 2.05) is 0 Å². The highest BCUT2D eigenvalue weighted by molar-refractivity contribution is 5.88. The van der Waals surface area contributed by atoms with Crippen molar-refractivity contribution in [1.82, 2.24) is 0 Å². The molecule has 18 heavy (non-hydrogen) atoms. The van der Waals surface area contributed by atoms with Gasteiger partial charge in [-0.3, -0.25) is 9.59 Å². The maximum Gasteiger partial charge on any atom is 0.336 e. The number of hydrogen-bond donors (Lipinski definition) is 4. The van der Waals surface area contributed by atoms with Crippen LogP contribution in [0.25, 0.3) is 0 Å². The van der Waals surface area contributed by atoms with Gasteiger partial charge in [0, 0.05) is 6.42 Å². The topological polar surface area (TPSA) is 141 Å². The summed E-state index contributed by atoms with van der Waals surface area (Å²) in [5.41, 5.74) is -2.74. The van der Waals surface area contributed by atoms with E-state index < -0.39 is 42.6 Å². The van der Waals surface area contributed by atoms with Gasteiger partial charge in [-0.25, -0.2) is 4.79 Å². The molecule has 8 nitrogen and oxygen atoms in total. The summed E-state index contributed by atoms with van der Waals surface area (Å²) >= 11 is 0. The minimum atomic E-state index is -2.74. The first-order chi connectivity index (χ1) is 8.21. The third-order valence-corrected chi connectivity index (χ3v) is 2.08. The van der Waals surface area contributed by atoms with Crippen LogP contribution < -0.4 is 0 Å². The molecule has 0 saturated heterocycles. The number of rotatable bonds is 8. The second-order valence-electron chi connectivity index (χ2n) is 3.82. The Morgan fingerprint density at radius 1 is 1.22 bits per heavy atom. The van der Waals surface area contributed by atoms with Crippen LogP contribution in [0.1, 0.15) is 32.6 Å². The van der Waals surface area contributed by atoms with E-state index in [1.54, 1.807) is 6.92 Å². The summed E-state index contributed by atoms with van der Waals surface area (Å²) in [6.45, 7) is 1.73. The van der Waals surface area contributed by atoms with Crippen molar-refractivity contribution in [3.8, 4) is 0 Å². The van der Waals surface area contributed by atoms with Gasteiger partial charge < -0.3 is 25.2 Å². The van der Waals surface area contributed by atoms with Gasteiger partial charge >= 0.3 is 17.9 Å². The summed E-state index contributed by atoms with van der Waals surface area (Å²) < 4.78 is 4.42. The maximum absolute atomic E-state index is 11.2. The lowest BCUT2D eigenvalue weighted by Crippen LogP contribution is -2.43. The van der Waals surface area contributed by atoms with Crippen molar-refractivity contribution in [2.45, 2.75) is 44.5 Å². The van der Waals surface area contributed by atoms with E-state index in [1.165, 1.54) is 0 Å². The Morgan fingerprint density at radius 3 is 2.17 bits per heavy atom. The Balaban J connectivity index is 4.55. The van der Waals surface area contributed by atoms with E-state index in [0.717, 1.165) is 0 Å². The quantitative estimate of drug-likeness (QED) is 0.334. The van der Waals surface area contributed by atoms with Crippen molar-refractivity contribution in [2.75, 3.05) is 0 Å². The molecule has 0 aromatic heterocycles.